The molecule has 1 saturated heterocycles. The molecule has 1 aliphatic heterocycles. The number of aliphatic hydroxyl groups is 1. The molecule has 0 radical (unpaired) electrons. The standard InChI is InChI=1S/C19H32O.C2H5.Sb/c1-4-14(20)12-17-13(2)7-8-16-15(17)9-11-19(3)10-5-6-18(16)19;1-2;/h13,15-18,20H,2,4-12H2,1,3H3;1H2,2H3;/t13?,15-,16+,17-,18-,19-;;/m0../s1. The second kappa shape index (κ2) is 6.19. The zero-order chi connectivity index (χ0) is 16.2. The Morgan fingerprint density at radius 2 is 1.83 bits per heavy atom. The molecule has 7 atom stereocenters. The Balaban J connectivity index is 1.57. The van der Waals surface area contributed by atoms with Crippen LogP contribution in [0.25, 0.3) is 0 Å². The molecule has 0 aromatic carbocycles. The second-order valence-corrected chi connectivity index (χ2v) is 17.9. The van der Waals surface area contributed by atoms with Crippen molar-refractivity contribution in [1.82, 2.24) is 0 Å². The Kier molecular flexibility index (Phi) is 4.63. The van der Waals surface area contributed by atoms with Crippen molar-refractivity contribution >= 4 is 20.2 Å². The van der Waals surface area contributed by atoms with Gasteiger partial charge >= 0.3 is 151 Å². The maximum atomic E-state index is 11.4. The number of hydrogen-bond donors (Lipinski definition) is 1. The summed E-state index contributed by atoms with van der Waals surface area (Å²) < 4.78 is 2.68. The molecular weight excluding hydrogens is 390 g/mol. The molecule has 0 aromatic heterocycles. The topological polar surface area (TPSA) is 20.2 Å². The first-order valence-corrected chi connectivity index (χ1v) is 15.4. The average molecular weight is 427 g/mol. The van der Waals surface area contributed by atoms with E-state index < -0.39 is 20.2 Å². The van der Waals surface area contributed by atoms with Crippen LogP contribution in [0.5, 0.6) is 0 Å². The van der Waals surface area contributed by atoms with E-state index in [-0.39, 0.29) is 3.55 Å². The molecule has 1 N–H and O–H groups in total. The van der Waals surface area contributed by atoms with Crippen molar-refractivity contribution in [2.75, 3.05) is 0 Å². The molecule has 0 amide bonds. The third-order valence-electron chi connectivity index (χ3n) is 8.85. The Labute approximate surface area is 151 Å². The van der Waals surface area contributed by atoms with Crippen molar-refractivity contribution in [3.8, 4) is 0 Å². The van der Waals surface area contributed by atoms with Crippen LogP contribution in [0.1, 0.15) is 78.6 Å². The summed E-state index contributed by atoms with van der Waals surface area (Å²) in [5, 5.41) is 11.4. The van der Waals surface area contributed by atoms with Crippen molar-refractivity contribution in [3.63, 3.8) is 0 Å². The molecule has 1 nitrogen and oxygen atoms in total. The first-order valence-electron chi connectivity index (χ1n) is 10.5. The molecule has 4 fully saturated rings. The van der Waals surface area contributed by atoms with Crippen molar-refractivity contribution in [3.05, 3.63) is 0 Å². The van der Waals surface area contributed by atoms with Crippen LogP contribution in [0.3, 0.4) is 0 Å². The summed E-state index contributed by atoms with van der Waals surface area (Å²) in [6.45, 7) is 7.25. The molecule has 2 unspecified atom stereocenters. The molecule has 4 aliphatic rings. The van der Waals surface area contributed by atoms with Gasteiger partial charge in [-0.3, -0.25) is 0 Å². The fourth-order valence-electron chi connectivity index (χ4n) is 7.52. The van der Waals surface area contributed by atoms with Crippen LogP contribution in [0, 0.1) is 35.0 Å². The van der Waals surface area contributed by atoms with Gasteiger partial charge in [-0.1, -0.05) is 0 Å². The van der Waals surface area contributed by atoms with Gasteiger partial charge in [-0.2, -0.15) is 0 Å². The summed E-state index contributed by atoms with van der Waals surface area (Å²) >= 11 is -1.45. The molecule has 3 saturated carbocycles. The fourth-order valence-corrected chi connectivity index (χ4v) is 16.4. The molecule has 132 valence electrons. The Morgan fingerprint density at radius 3 is 2.57 bits per heavy atom. The van der Waals surface area contributed by atoms with E-state index in [4.69, 9.17) is 0 Å². The molecule has 0 spiro atoms. The van der Waals surface area contributed by atoms with Crippen LogP contribution in [0.4, 0.5) is 0 Å². The summed E-state index contributed by atoms with van der Waals surface area (Å²) in [5.74, 6) is 4.92. The predicted octanol–water partition coefficient (Wildman–Crippen LogP) is 5.44. The molecule has 0 aromatic rings. The fraction of sp³-hybridized carbons (Fsp3) is 1.00. The minimum absolute atomic E-state index is 0.170. The van der Waals surface area contributed by atoms with Gasteiger partial charge < -0.3 is 0 Å². The van der Waals surface area contributed by atoms with Crippen molar-refractivity contribution < 1.29 is 5.11 Å². The normalized spacial score (nSPS) is 53.5. The summed E-state index contributed by atoms with van der Waals surface area (Å²) in [6.07, 6.45) is 12.8. The zero-order valence-corrected chi connectivity index (χ0v) is 18.1. The molecule has 0 bridgehead atoms. The van der Waals surface area contributed by atoms with Gasteiger partial charge in [0, 0.05) is 0 Å². The van der Waals surface area contributed by atoms with Crippen LogP contribution < -0.4 is 0 Å². The van der Waals surface area contributed by atoms with Gasteiger partial charge in [0.2, 0.25) is 0 Å². The molecule has 4 rings (SSSR count). The van der Waals surface area contributed by atoms with Gasteiger partial charge in [-0.05, 0) is 0 Å². The van der Waals surface area contributed by atoms with E-state index in [0.717, 1.165) is 36.0 Å². The third-order valence-corrected chi connectivity index (χ3v) is 18.4. The minimum atomic E-state index is -1.45. The van der Waals surface area contributed by atoms with Crippen LogP contribution in [-0.2, 0) is 0 Å². The van der Waals surface area contributed by atoms with E-state index in [1.54, 1.807) is 0 Å². The van der Waals surface area contributed by atoms with Gasteiger partial charge in [0.05, 0.1) is 0 Å². The molecule has 1 heterocycles. The Morgan fingerprint density at radius 1 is 1.00 bits per heavy atom. The maximum absolute atomic E-state index is 11.4. The SMILES string of the molecule is C[CH2][Sb]1[CH2]C2CC[C@@H]3[C@H](CC[C@]4(C)CCC[C@@H]34)[C@H]2C[C]1(O)CC. The molecule has 3 aliphatic carbocycles. The van der Waals surface area contributed by atoms with Crippen molar-refractivity contribution in [2.24, 2.45) is 35.0 Å². The molecular formula is C21H37OSb. The van der Waals surface area contributed by atoms with E-state index in [9.17, 15) is 5.11 Å². The van der Waals surface area contributed by atoms with E-state index in [2.05, 4.69) is 20.8 Å². The second-order valence-electron chi connectivity index (χ2n) is 9.60. The van der Waals surface area contributed by atoms with Crippen LogP contribution in [-0.4, -0.2) is 28.9 Å². The van der Waals surface area contributed by atoms with Gasteiger partial charge in [-0.15, -0.1) is 0 Å². The van der Waals surface area contributed by atoms with Crippen molar-refractivity contribution in [1.29, 1.82) is 0 Å². The van der Waals surface area contributed by atoms with E-state index in [0.29, 0.717) is 5.41 Å². The van der Waals surface area contributed by atoms with Crippen molar-refractivity contribution in [2.45, 2.75) is 90.8 Å². The summed E-state index contributed by atoms with van der Waals surface area (Å²) in [7, 11) is 0. The Bertz CT molecular complexity index is 451. The summed E-state index contributed by atoms with van der Waals surface area (Å²) in [5.41, 5.74) is 0.688. The predicted molar refractivity (Wildman–Crippen MR) is 98.8 cm³/mol. The van der Waals surface area contributed by atoms with E-state index in [1.165, 1.54) is 60.1 Å². The van der Waals surface area contributed by atoms with Gasteiger partial charge in [-0.25, -0.2) is 0 Å². The van der Waals surface area contributed by atoms with Crippen LogP contribution in [0.2, 0.25) is 8.73 Å². The molecule has 2 heteroatoms. The van der Waals surface area contributed by atoms with Gasteiger partial charge in [0.15, 0.2) is 0 Å². The zero-order valence-electron chi connectivity index (χ0n) is 15.6. The number of hydrogen-bond acceptors (Lipinski definition) is 1. The summed E-state index contributed by atoms with van der Waals surface area (Å²) in [4.78, 5) is 0. The number of fused-ring (bicyclic) bond motifs is 5. The summed E-state index contributed by atoms with van der Waals surface area (Å²) in [6, 6.07) is 0. The quantitative estimate of drug-likeness (QED) is 0.582. The first-order chi connectivity index (χ1) is 11.0. The number of rotatable bonds is 2. The Hall–Kier alpha value is 0.778. The average Bonchev–Trinajstić information content (AvgIpc) is 2.95. The van der Waals surface area contributed by atoms with Gasteiger partial charge in [0.25, 0.3) is 0 Å². The third kappa shape index (κ3) is 2.66. The first kappa shape index (κ1) is 17.2. The van der Waals surface area contributed by atoms with Crippen LogP contribution in [0.15, 0.2) is 0 Å². The van der Waals surface area contributed by atoms with Gasteiger partial charge in [0.1, 0.15) is 0 Å². The van der Waals surface area contributed by atoms with E-state index >= 15 is 0 Å². The van der Waals surface area contributed by atoms with E-state index in [1.807, 2.05) is 0 Å². The van der Waals surface area contributed by atoms with Crippen LogP contribution >= 0.6 is 0 Å². The monoisotopic (exact) mass is 426 g/mol. The molecule has 23 heavy (non-hydrogen) atoms.